The molecule has 96 valence electrons. The summed E-state index contributed by atoms with van der Waals surface area (Å²) in [6.45, 7) is 2.59. The van der Waals surface area contributed by atoms with Crippen molar-refractivity contribution in [2.24, 2.45) is 7.05 Å². The molecule has 1 N–H and O–H groups in total. The van der Waals surface area contributed by atoms with E-state index in [4.69, 9.17) is 5.11 Å². The molecule has 0 aliphatic rings. The Morgan fingerprint density at radius 1 is 1.44 bits per heavy atom. The predicted molar refractivity (Wildman–Crippen MR) is 63.0 cm³/mol. The predicted octanol–water partition coefficient (Wildman–Crippen LogP) is 0.249. The summed E-state index contributed by atoms with van der Waals surface area (Å²) in [7, 11) is 1.88. The van der Waals surface area contributed by atoms with E-state index < -0.39 is 5.97 Å². The number of aromatic nitrogens is 5. The first kappa shape index (κ1) is 12.3. The summed E-state index contributed by atoms with van der Waals surface area (Å²) in [4.78, 5) is 10.5. The molecule has 7 nitrogen and oxygen atoms in total. The zero-order chi connectivity index (χ0) is 13.1. The van der Waals surface area contributed by atoms with Crippen molar-refractivity contribution in [1.29, 1.82) is 0 Å². The van der Waals surface area contributed by atoms with Crippen molar-refractivity contribution in [3.63, 3.8) is 0 Å². The van der Waals surface area contributed by atoms with E-state index in [2.05, 4.69) is 15.4 Å². The highest BCUT2D eigenvalue weighted by Crippen LogP contribution is 2.06. The number of rotatable bonds is 5. The van der Waals surface area contributed by atoms with E-state index in [1.807, 2.05) is 20.0 Å². The zero-order valence-electron chi connectivity index (χ0n) is 10.4. The molecule has 0 radical (unpaired) electrons. The Hall–Kier alpha value is -2.18. The Balaban J connectivity index is 2.10. The molecule has 18 heavy (non-hydrogen) atoms. The minimum absolute atomic E-state index is 0.106. The van der Waals surface area contributed by atoms with Gasteiger partial charge in [-0.15, -0.1) is 5.10 Å². The van der Waals surface area contributed by atoms with E-state index in [1.54, 1.807) is 15.6 Å². The maximum atomic E-state index is 10.5. The Kier molecular flexibility index (Phi) is 3.40. The Morgan fingerprint density at radius 2 is 2.22 bits per heavy atom. The Labute approximate surface area is 104 Å². The van der Waals surface area contributed by atoms with E-state index in [0.29, 0.717) is 12.2 Å². The van der Waals surface area contributed by atoms with Gasteiger partial charge in [-0.25, -0.2) is 4.68 Å². The molecule has 7 heteroatoms. The molecule has 0 atom stereocenters. The molecule has 2 aromatic rings. The first-order chi connectivity index (χ1) is 8.58. The number of hydrogen-bond acceptors (Lipinski definition) is 4. The molecule has 0 amide bonds. The van der Waals surface area contributed by atoms with Crippen LogP contribution in [0.2, 0.25) is 0 Å². The number of aryl methyl sites for hydroxylation is 2. The zero-order valence-corrected chi connectivity index (χ0v) is 10.4. The molecular weight excluding hydrogens is 234 g/mol. The highest BCUT2D eigenvalue weighted by atomic mass is 16.4. The summed E-state index contributed by atoms with van der Waals surface area (Å²) in [6.07, 6.45) is 2.42. The minimum Gasteiger partial charge on any atom is -0.481 e. The molecule has 0 fully saturated rings. The van der Waals surface area contributed by atoms with Gasteiger partial charge >= 0.3 is 5.97 Å². The van der Waals surface area contributed by atoms with Crippen LogP contribution in [0.1, 0.15) is 24.0 Å². The lowest BCUT2D eigenvalue weighted by Crippen LogP contribution is -2.06. The van der Waals surface area contributed by atoms with Gasteiger partial charge in [0.25, 0.3) is 0 Å². The van der Waals surface area contributed by atoms with Crippen molar-refractivity contribution in [3.8, 4) is 0 Å². The lowest BCUT2D eigenvalue weighted by Gasteiger charge is -2.00. The molecule has 0 saturated carbocycles. The fourth-order valence-corrected chi connectivity index (χ4v) is 1.71. The fraction of sp³-hybridized carbons (Fsp3) is 0.455. The second-order valence-corrected chi connectivity index (χ2v) is 4.08. The van der Waals surface area contributed by atoms with Gasteiger partial charge in [-0.2, -0.15) is 5.10 Å². The lowest BCUT2D eigenvalue weighted by atomic mass is 10.3. The van der Waals surface area contributed by atoms with Crippen LogP contribution >= 0.6 is 0 Å². The van der Waals surface area contributed by atoms with Crippen molar-refractivity contribution in [3.05, 3.63) is 29.3 Å². The summed E-state index contributed by atoms with van der Waals surface area (Å²) >= 11 is 0. The van der Waals surface area contributed by atoms with Crippen LogP contribution in [0.5, 0.6) is 0 Å². The van der Waals surface area contributed by atoms with E-state index >= 15 is 0 Å². The van der Waals surface area contributed by atoms with Crippen LogP contribution in [0.15, 0.2) is 12.3 Å². The van der Waals surface area contributed by atoms with Gasteiger partial charge in [0, 0.05) is 13.2 Å². The molecule has 2 aromatic heterocycles. The number of nitrogens with zero attached hydrogens (tertiary/aromatic N) is 5. The van der Waals surface area contributed by atoms with Crippen molar-refractivity contribution < 1.29 is 9.90 Å². The number of carbonyl (C=O) groups is 1. The molecule has 0 saturated heterocycles. The summed E-state index contributed by atoms with van der Waals surface area (Å²) < 4.78 is 3.42. The van der Waals surface area contributed by atoms with Gasteiger partial charge in [-0.05, 0) is 12.5 Å². The van der Waals surface area contributed by atoms with Crippen LogP contribution < -0.4 is 0 Å². The van der Waals surface area contributed by atoms with Gasteiger partial charge in [0.05, 0.1) is 30.0 Å². The number of aliphatic carboxylic acids is 1. The first-order valence-corrected chi connectivity index (χ1v) is 5.71. The average molecular weight is 249 g/mol. The molecule has 0 aromatic carbocycles. The maximum Gasteiger partial charge on any atom is 0.309 e. The minimum atomic E-state index is -0.907. The number of carboxylic acids is 1. The summed E-state index contributed by atoms with van der Waals surface area (Å²) in [5.74, 6) is -0.907. The van der Waals surface area contributed by atoms with Crippen molar-refractivity contribution in [2.75, 3.05) is 0 Å². The molecular formula is C11H15N5O2. The topological polar surface area (TPSA) is 85.8 Å². The third kappa shape index (κ3) is 2.73. The number of hydrogen-bond donors (Lipinski definition) is 1. The molecule has 0 aliphatic carbocycles. The Morgan fingerprint density at radius 3 is 2.83 bits per heavy atom. The van der Waals surface area contributed by atoms with Crippen LogP contribution in [-0.2, 0) is 31.2 Å². The first-order valence-electron chi connectivity index (χ1n) is 5.71. The van der Waals surface area contributed by atoms with Gasteiger partial charge in [-0.3, -0.25) is 9.48 Å². The SMILES string of the molecule is CCc1cc(Cn2cc(CC(=O)O)nn2)n(C)n1. The van der Waals surface area contributed by atoms with Crippen molar-refractivity contribution in [2.45, 2.75) is 26.3 Å². The molecule has 2 heterocycles. The molecule has 0 spiro atoms. The standard InChI is InChI=1S/C11H15N5O2/c1-3-8-4-10(15(2)13-8)7-16-6-9(12-14-16)5-11(17)18/h4,6H,3,5,7H2,1-2H3,(H,17,18). The van der Waals surface area contributed by atoms with Crippen LogP contribution in [0.25, 0.3) is 0 Å². The summed E-state index contributed by atoms with van der Waals surface area (Å²) in [5.41, 5.74) is 2.50. The van der Waals surface area contributed by atoms with E-state index in [1.165, 1.54) is 0 Å². The fourth-order valence-electron chi connectivity index (χ4n) is 1.71. The molecule has 2 rings (SSSR count). The van der Waals surface area contributed by atoms with Gasteiger partial charge in [0.1, 0.15) is 0 Å². The molecule has 0 aliphatic heterocycles. The van der Waals surface area contributed by atoms with E-state index in [-0.39, 0.29) is 6.42 Å². The quantitative estimate of drug-likeness (QED) is 0.820. The normalized spacial score (nSPS) is 10.8. The van der Waals surface area contributed by atoms with Crippen molar-refractivity contribution >= 4 is 5.97 Å². The van der Waals surface area contributed by atoms with Crippen LogP contribution in [-0.4, -0.2) is 35.9 Å². The van der Waals surface area contributed by atoms with Gasteiger partial charge in [0.2, 0.25) is 0 Å². The van der Waals surface area contributed by atoms with Gasteiger partial charge in [0.15, 0.2) is 0 Å². The average Bonchev–Trinajstić information content (AvgIpc) is 2.86. The smallest absolute Gasteiger partial charge is 0.309 e. The third-order valence-electron chi connectivity index (χ3n) is 2.63. The van der Waals surface area contributed by atoms with Crippen LogP contribution in [0.4, 0.5) is 0 Å². The second kappa shape index (κ2) is 4.99. The lowest BCUT2D eigenvalue weighted by molar-refractivity contribution is -0.136. The van der Waals surface area contributed by atoms with Crippen LogP contribution in [0.3, 0.4) is 0 Å². The highest BCUT2D eigenvalue weighted by Gasteiger charge is 2.08. The maximum absolute atomic E-state index is 10.5. The summed E-state index contributed by atoms with van der Waals surface area (Å²) in [5, 5.41) is 20.7. The Bertz CT molecular complexity index is 558. The monoisotopic (exact) mass is 249 g/mol. The van der Waals surface area contributed by atoms with Gasteiger partial charge in [-0.1, -0.05) is 12.1 Å². The van der Waals surface area contributed by atoms with E-state index in [0.717, 1.165) is 17.8 Å². The second-order valence-electron chi connectivity index (χ2n) is 4.08. The largest absolute Gasteiger partial charge is 0.481 e. The van der Waals surface area contributed by atoms with Crippen LogP contribution in [0, 0.1) is 0 Å². The molecule has 0 bridgehead atoms. The number of carboxylic acid groups (broad SMARTS) is 1. The van der Waals surface area contributed by atoms with Gasteiger partial charge < -0.3 is 5.11 Å². The third-order valence-corrected chi connectivity index (χ3v) is 2.63. The van der Waals surface area contributed by atoms with E-state index in [9.17, 15) is 4.79 Å². The molecule has 0 unspecified atom stereocenters. The summed E-state index contributed by atoms with van der Waals surface area (Å²) in [6, 6.07) is 2.01. The highest BCUT2D eigenvalue weighted by molar-refractivity contribution is 5.69. The van der Waals surface area contributed by atoms with Crippen molar-refractivity contribution in [1.82, 2.24) is 24.8 Å².